The van der Waals surface area contributed by atoms with Gasteiger partial charge < -0.3 is 0 Å². The van der Waals surface area contributed by atoms with Crippen LogP contribution in [0.5, 0.6) is 0 Å². The predicted molar refractivity (Wildman–Crippen MR) is 29.1 cm³/mol. The molecular formula is C2H6NOPS. The molecule has 4 heteroatoms. The molecule has 6 heavy (non-hydrogen) atoms. The quantitative estimate of drug-likeness (QED) is 0.526. The zero-order valence-corrected chi connectivity index (χ0v) is 4.97. The van der Waals surface area contributed by atoms with Crippen molar-refractivity contribution >= 4 is 17.8 Å². The monoisotopic (exact) mass is 123 g/mol. The van der Waals surface area contributed by atoms with Gasteiger partial charge in [-0.15, -0.1) is 0 Å². The third-order valence-corrected chi connectivity index (χ3v) is 1.65. The van der Waals surface area contributed by atoms with E-state index in [1.807, 2.05) is 0 Å². The molecule has 0 bridgehead atoms. The zero-order chi connectivity index (χ0) is 4.83. The molecule has 0 rings (SSSR count). The van der Waals surface area contributed by atoms with Crippen molar-refractivity contribution in [2.45, 2.75) is 0 Å². The van der Waals surface area contributed by atoms with Crippen molar-refractivity contribution in [3.05, 3.63) is 0 Å². The minimum atomic E-state index is 0.132. The number of rotatable bonds is 1. The molecule has 0 saturated carbocycles. The Morgan fingerprint density at radius 1 is 1.83 bits per heavy atom. The van der Waals surface area contributed by atoms with Crippen molar-refractivity contribution in [3.63, 3.8) is 0 Å². The van der Waals surface area contributed by atoms with Crippen LogP contribution in [0.3, 0.4) is 0 Å². The molecule has 0 unspecified atom stereocenters. The SMILES string of the molecule is NCCS#P=O. The summed E-state index contributed by atoms with van der Waals surface area (Å²) in [6.07, 6.45) is 0. The first-order chi connectivity index (χ1) is 2.91. The topological polar surface area (TPSA) is 43.1 Å². The van der Waals surface area contributed by atoms with Crippen LogP contribution < -0.4 is 5.73 Å². The molecule has 0 spiro atoms. The van der Waals surface area contributed by atoms with Crippen LogP contribution in [-0.4, -0.2) is 12.3 Å². The first-order valence-electron chi connectivity index (χ1n) is 1.56. The second kappa shape index (κ2) is 5.41. The molecule has 0 aromatic rings. The summed E-state index contributed by atoms with van der Waals surface area (Å²) in [6.45, 7) is 0.611. The van der Waals surface area contributed by atoms with Crippen molar-refractivity contribution < 1.29 is 4.57 Å². The van der Waals surface area contributed by atoms with E-state index in [1.54, 1.807) is 0 Å². The molecule has 0 atom stereocenters. The third-order valence-electron chi connectivity index (χ3n) is 0.262. The molecule has 0 aliphatic carbocycles. The molecular weight excluding hydrogens is 117 g/mol. The summed E-state index contributed by atoms with van der Waals surface area (Å²) in [5, 5.41) is 0. The Hall–Kier alpha value is 0.410. The van der Waals surface area contributed by atoms with E-state index < -0.39 is 0 Å². The van der Waals surface area contributed by atoms with Gasteiger partial charge in [-0.1, -0.05) is 0 Å². The van der Waals surface area contributed by atoms with Crippen LogP contribution in [0, 0.1) is 0 Å². The van der Waals surface area contributed by atoms with Crippen LogP contribution in [0.2, 0.25) is 0 Å². The van der Waals surface area contributed by atoms with Gasteiger partial charge in [0.1, 0.15) is 0 Å². The fraction of sp³-hybridized carbons (Fsp3) is 1.00. The number of nitrogens with two attached hydrogens (primary N) is 1. The number of hydrogen-bond donors (Lipinski definition) is 1. The first kappa shape index (κ1) is 6.41. The molecule has 0 aliphatic rings. The van der Waals surface area contributed by atoms with E-state index in [4.69, 9.17) is 5.73 Å². The molecule has 36 valence electrons. The molecule has 2 nitrogen and oxygen atoms in total. The summed E-state index contributed by atoms with van der Waals surface area (Å²) in [7, 11) is 1.43. The Morgan fingerprint density at radius 3 is 2.67 bits per heavy atom. The van der Waals surface area contributed by atoms with Crippen LogP contribution in [0.15, 0.2) is 0 Å². The van der Waals surface area contributed by atoms with Crippen molar-refractivity contribution in [2.75, 3.05) is 12.3 Å². The van der Waals surface area contributed by atoms with E-state index >= 15 is 0 Å². The van der Waals surface area contributed by atoms with Gasteiger partial charge in [0.05, 0.1) is 0 Å². The second-order valence-electron chi connectivity index (χ2n) is 0.696. The van der Waals surface area contributed by atoms with E-state index in [9.17, 15) is 4.57 Å². The van der Waals surface area contributed by atoms with E-state index in [-0.39, 0.29) is 7.03 Å². The standard InChI is InChI=1S/C2H6NOPS/c3-1-2-6-5-4/h1-3H2. The maximum absolute atomic E-state index is 9.57. The summed E-state index contributed by atoms with van der Waals surface area (Å²) in [4.78, 5) is 0. The van der Waals surface area contributed by atoms with E-state index in [0.29, 0.717) is 6.54 Å². The molecule has 0 aromatic carbocycles. The molecule has 0 aliphatic heterocycles. The van der Waals surface area contributed by atoms with Crippen molar-refractivity contribution in [3.8, 4) is 0 Å². The van der Waals surface area contributed by atoms with Crippen LogP contribution in [-0.2, 0) is 4.57 Å². The van der Waals surface area contributed by atoms with Gasteiger partial charge in [0.15, 0.2) is 0 Å². The molecule has 0 fully saturated rings. The van der Waals surface area contributed by atoms with Crippen LogP contribution >= 0.6 is 17.8 Å². The molecule has 0 aromatic heterocycles. The number of hydrogen-bond acceptors (Lipinski definition) is 2. The van der Waals surface area contributed by atoms with Gasteiger partial charge in [-0.2, -0.15) is 0 Å². The average Bonchev–Trinajstić information content (AvgIpc) is 1.61. The van der Waals surface area contributed by atoms with Gasteiger partial charge >= 0.3 is 40.4 Å². The van der Waals surface area contributed by atoms with Crippen LogP contribution in [0.4, 0.5) is 0 Å². The van der Waals surface area contributed by atoms with Gasteiger partial charge in [0.2, 0.25) is 0 Å². The van der Waals surface area contributed by atoms with Crippen molar-refractivity contribution in [1.29, 1.82) is 0 Å². The molecule has 0 amide bonds. The normalized spacial score (nSPS) is 7.50. The van der Waals surface area contributed by atoms with Gasteiger partial charge in [-0.05, 0) is 0 Å². The summed E-state index contributed by atoms with van der Waals surface area (Å²) < 4.78 is 9.57. The summed E-state index contributed by atoms with van der Waals surface area (Å²) >= 11 is 0. The van der Waals surface area contributed by atoms with Crippen molar-refractivity contribution in [2.24, 2.45) is 5.73 Å². The fourth-order valence-corrected chi connectivity index (χ4v) is 0.810. The Morgan fingerprint density at radius 2 is 2.50 bits per heavy atom. The van der Waals surface area contributed by atoms with Gasteiger partial charge in [0, 0.05) is 0 Å². The van der Waals surface area contributed by atoms with Crippen molar-refractivity contribution in [1.82, 2.24) is 0 Å². The van der Waals surface area contributed by atoms with Gasteiger partial charge in [-0.3, -0.25) is 0 Å². The maximum atomic E-state index is 9.57. The summed E-state index contributed by atoms with van der Waals surface area (Å²) in [5.41, 5.74) is 5.05. The van der Waals surface area contributed by atoms with Gasteiger partial charge in [-0.25, -0.2) is 0 Å². The minimum absolute atomic E-state index is 0.132. The Labute approximate surface area is 41.2 Å². The Bertz CT molecular complexity index is 106. The molecule has 2 N–H and O–H groups in total. The van der Waals surface area contributed by atoms with E-state index in [0.717, 1.165) is 5.75 Å². The average molecular weight is 123 g/mol. The Kier molecular flexibility index (Phi) is 5.78. The second-order valence-corrected chi connectivity index (χ2v) is 2.73. The third kappa shape index (κ3) is 4.41. The van der Waals surface area contributed by atoms with E-state index in [1.165, 1.54) is 10.7 Å². The van der Waals surface area contributed by atoms with E-state index in [2.05, 4.69) is 0 Å². The molecule has 0 saturated heterocycles. The van der Waals surface area contributed by atoms with Crippen LogP contribution in [0.1, 0.15) is 0 Å². The zero-order valence-electron chi connectivity index (χ0n) is 3.26. The van der Waals surface area contributed by atoms with Gasteiger partial charge in [0.25, 0.3) is 0 Å². The predicted octanol–water partition coefficient (Wildman–Crippen LogP) is 0.885. The fourth-order valence-electron chi connectivity index (χ4n) is 0.0900. The molecule has 0 heterocycles. The Balaban J connectivity index is 3.01. The summed E-state index contributed by atoms with van der Waals surface area (Å²) in [5.74, 6) is 0.783. The molecule has 0 radical (unpaired) electrons. The van der Waals surface area contributed by atoms with Crippen LogP contribution in [0.25, 0.3) is 0 Å². The first-order valence-corrected chi connectivity index (χ1v) is 3.97. The summed E-state index contributed by atoms with van der Waals surface area (Å²) in [6, 6.07) is 0.